The van der Waals surface area contributed by atoms with Crippen molar-refractivity contribution in [2.45, 2.75) is 45.3 Å². The van der Waals surface area contributed by atoms with E-state index in [0.29, 0.717) is 13.0 Å². The Morgan fingerprint density at radius 3 is 2.46 bits per heavy atom. The Hall–Kier alpha value is -0.0231. The van der Waals surface area contributed by atoms with Crippen LogP contribution >= 0.6 is 11.1 Å². The average Bonchev–Trinajstić information content (AvgIpc) is 1.97. The second-order valence-corrected chi connectivity index (χ2v) is 10.7. The molecule has 0 heterocycles. The molecule has 0 saturated carbocycles. The molecule has 13 heavy (non-hydrogen) atoms. The van der Waals surface area contributed by atoms with Crippen molar-refractivity contribution in [3.05, 3.63) is 0 Å². The third-order valence-corrected chi connectivity index (χ3v) is 3.82. The first-order valence-electron chi connectivity index (χ1n) is 4.80. The lowest BCUT2D eigenvalue weighted by Gasteiger charge is -2.11. The Kier molecular flexibility index (Phi) is 6.42. The lowest BCUT2D eigenvalue weighted by atomic mass is 10.2. The fourth-order valence-electron chi connectivity index (χ4n) is 1.05. The molecule has 0 unspecified atom stereocenters. The van der Waals surface area contributed by atoms with Crippen LogP contribution in [0.4, 0.5) is 0 Å². The van der Waals surface area contributed by atoms with Crippen molar-refractivity contribution >= 4 is 24.4 Å². The van der Waals surface area contributed by atoms with Gasteiger partial charge in [-0.05, 0) is 19.4 Å². The summed E-state index contributed by atoms with van der Waals surface area (Å²) >= 11 is 6.13. The van der Waals surface area contributed by atoms with Gasteiger partial charge in [-0.25, -0.2) is 0 Å². The largest absolute Gasteiger partial charge is 0.466 e. The number of carbonyl (C=O) groups is 1. The first-order chi connectivity index (χ1) is 5.95. The van der Waals surface area contributed by atoms with Crippen LogP contribution in [0.25, 0.3) is 0 Å². The highest BCUT2D eigenvalue weighted by Crippen LogP contribution is 2.18. The summed E-state index contributed by atoms with van der Waals surface area (Å²) in [6.45, 7) is 6.55. The average molecular weight is 223 g/mol. The van der Waals surface area contributed by atoms with Crippen LogP contribution < -0.4 is 0 Å². The van der Waals surface area contributed by atoms with Crippen LogP contribution in [0.5, 0.6) is 0 Å². The highest BCUT2D eigenvalue weighted by atomic mass is 35.6. The number of esters is 1. The second-order valence-electron chi connectivity index (χ2n) is 3.73. The van der Waals surface area contributed by atoms with Crippen molar-refractivity contribution in [2.24, 2.45) is 0 Å². The van der Waals surface area contributed by atoms with Gasteiger partial charge in [-0.3, -0.25) is 4.79 Å². The van der Waals surface area contributed by atoms with Gasteiger partial charge in [0, 0.05) is 6.42 Å². The summed E-state index contributed by atoms with van der Waals surface area (Å²) < 4.78 is 4.81. The third kappa shape index (κ3) is 9.89. The summed E-state index contributed by atoms with van der Waals surface area (Å²) in [4.78, 5) is 10.9. The van der Waals surface area contributed by atoms with Gasteiger partial charge in [0.15, 0.2) is 0 Å². The first-order valence-corrected chi connectivity index (χ1v) is 9.02. The van der Waals surface area contributed by atoms with E-state index in [2.05, 4.69) is 13.1 Å². The number of carbonyl (C=O) groups excluding carboxylic acids is 1. The predicted molar refractivity (Wildman–Crippen MR) is 58.6 cm³/mol. The molecule has 0 fully saturated rings. The maximum Gasteiger partial charge on any atom is 0.305 e. The molecule has 0 aromatic rings. The van der Waals surface area contributed by atoms with Crippen LogP contribution in [-0.4, -0.2) is 20.0 Å². The molecule has 0 amide bonds. The van der Waals surface area contributed by atoms with E-state index in [1.54, 1.807) is 0 Å². The number of halogens is 1. The van der Waals surface area contributed by atoms with Gasteiger partial charge < -0.3 is 4.74 Å². The van der Waals surface area contributed by atoms with E-state index in [-0.39, 0.29) is 5.97 Å². The number of hydrogen-bond donors (Lipinski definition) is 0. The molecule has 0 spiro atoms. The van der Waals surface area contributed by atoms with Gasteiger partial charge in [0.25, 0.3) is 0 Å². The summed E-state index contributed by atoms with van der Waals surface area (Å²) in [7, 11) is -1.43. The molecular formula is C9H19ClO2Si. The number of rotatable bonds is 6. The van der Waals surface area contributed by atoms with Crippen LogP contribution in [-0.2, 0) is 9.53 Å². The quantitative estimate of drug-likeness (QED) is 0.299. The standard InChI is InChI=1S/C9H19ClO2Si/c1-4-12-9(11)7-5-6-8-13(2,3)10/h4-8H2,1-3H3. The molecule has 4 heteroatoms. The zero-order valence-electron chi connectivity index (χ0n) is 8.73. The second kappa shape index (κ2) is 6.43. The van der Waals surface area contributed by atoms with E-state index in [9.17, 15) is 4.79 Å². The van der Waals surface area contributed by atoms with Gasteiger partial charge in [0.2, 0.25) is 0 Å². The van der Waals surface area contributed by atoms with Crippen molar-refractivity contribution in [2.75, 3.05) is 6.61 Å². The van der Waals surface area contributed by atoms with Crippen LogP contribution in [0.2, 0.25) is 19.1 Å². The van der Waals surface area contributed by atoms with Crippen LogP contribution in [0.1, 0.15) is 26.2 Å². The molecular weight excluding hydrogens is 204 g/mol. The van der Waals surface area contributed by atoms with Crippen molar-refractivity contribution in [1.29, 1.82) is 0 Å². The Morgan fingerprint density at radius 2 is 2.00 bits per heavy atom. The molecule has 78 valence electrons. The topological polar surface area (TPSA) is 26.3 Å². The zero-order chi connectivity index (χ0) is 10.3. The maximum absolute atomic E-state index is 10.9. The molecule has 0 aromatic carbocycles. The smallest absolute Gasteiger partial charge is 0.305 e. The monoisotopic (exact) mass is 222 g/mol. The van der Waals surface area contributed by atoms with Crippen molar-refractivity contribution in [1.82, 2.24) is 0 Å². The van der Waals surface area contributed by atoms with E-state index in [4.69, 9.17) is 15.8 Å². The molecule has 0 aliphatic carbocycles. The highest BCUT2D eigenvalue weighted by molar-refractivity contribution is 7.19. The Balaban J connectivity index is 3.31. The van der Waals surface area contributed by atoms with Crippen LogP contribution in [0, 0.1) is 0 Å². The summed E-state index contributed by atoms with van der Waals surface area (Å²) in [5.74, 6) is -0.0865. The van der Waals surface area contributed by atoms with Gasteiger partial charge in [-0.15, -0.1) is 0 Å². The fraction of sp³-hybridized carbons (Fsp3) is 0.889. The third-order valence-electron chi connectivity index (χ3n) is 1.71. The summed E-state index contributed by atoms with van der Waals surface area (Å²) in [5, 5.41) is 0. The van der Waals surface area contributed by atoms with Crippen LogP contribution in [0.15, 0.2) is 0 Å². The van der Waals surface area contributed by atoms with E-state index >= 15 is 0 Å². The Labute approximate surface area is 86.3 Å². The Morgan fingerprint density at radius 1 is 1.38 bits per heavy atom. The molecule has 0 aromatic heterocycles. The molecule has 0 rings (SSSR count). The van der Waals surface area contributed by atoms with E-state index < -0.39 is 7.38 Å². The molecule has 0 bridgehead atoms. The fourth-order valence-corrected chi connectivity index (χ4v) is 2.54. The first kappa shape index (κ1) is 13.0. The summed E-state index contributed by atoms with van der Waals surface area (Å²) in [5.41, 5.74) is 0. The number of ether oxygens (including phenoxy) is 1. The molecule has 0 saturated heterocycles. The lowest BCUT2D eigenvalue weighted by Crippen LogP contribution is -2.15. The molecule has 2 nitrogen and oxygen atoms in total. The maximum atomic E-state index is 10.9. The molecule has 0 radical (unpaired) electrons. The summed E-state index contributed by atoms with van der Waals surface area (Å²) in [6.07, 6.45) is 2.48. The minimum absolute atomic E-state index is 0.0865. The molecule has 0 N–H and O–H groups in total. The van der Waals surface area contributed by atoms with E-state index in [0.717, 1.165) is 18.9 Å². The SMILES string of the molecule is CCOC(=O)CCCC[Si](C)(C)Cl. The van der Waals surface area contributed by atoms with Crippen molar-refractivity contribution in [3.63, 3.8) is 0 Å². The van der Waals surface area contributed by atoms with Gasteiger partial charge in [0.05, 0.1) is 6.61 Å². The normalized spacial score (nSPS) is 11.4. The van der Waals surface area contributed by atoms with Crippen molar-refractivity contribution < 1.29 is 9.53 Å². The van der Waals surface area contributed by atoms with E-state index in [1.807, 2.05) is 6.92 Å². The molecule has 0 aliphatic heterocycles. The lowest BCUT2D eigenvalue weighted by molar-refractivity contribution is -0.143. The minimum Gasteiger partial charge on any atom is -0.466 e. The molecule has 0 aliphatic rings. The Bertz CT molecular complexity index is 154. The van der Waals surface area contributed by atoms with Gasteiger partial charge in [0.1, 0.15) is 7.38 Å². The van der Waals surface area contributed by atoms with Gasteiger partial charge >= 0.3 is 5.97 Å². The van der Waals surface area contributed by atoms with E-state index in [1.165, 1.54) is 0 Å². The minimum atomic E-state index is -1.43. The highest BCUT2D eigenvalue weighted by Gasteiger charge is 2.15. The number of unbranched alkanes of at least 4 members (excludes halogenated alkanes) is 1. The van der Waals surface area contributed by atoms with Gasteiger partial charge in [-0.1, -0.05) is 19.5 Å². The number of hydrogen-bond acceptors (Lipinski definition) is 2. The summed E-state index contributed by atoms with van der Waals surface area (Å²) in [6, 6.07) is 1.08. The molecule has 0 atom stereocenters. The van der Waals surface area contributed by atoms with Crippen LogP contribution in [0.3, 0.4) is 0 Å². The van der Waals surface area contributed by atoms with Crippen molar-refractivity contribution in [3.8, 4) is 0 Å². The van der Waals surface area contributed by atoms with Gasteiger partial charge in [-0.2, -0.15) is 11.1 Å². The predicted octanol–water partition coefficient (Wildman–Crippen LogP) is 3.16. The zero-order valence-corrected chi connectivity index (χ0v) is 10.5.